The fourth-order valence-corrected chi connectivity index (χ4v) is 2.44. The highest BCUT2D eigenvalue weighted by molar-refractivity contribution is 6.03. The summed E-state index contributed by atoms with van der Waals surface area (Å²) in [5, 5.41) is 20.4. The molecular weight excluding hydrogens is 268 g/mol. The number of hydrogen-bond donors (Lipinski definition) is 2. The lowest BCUT2D eigenvalue weighted by molar-refractivity contribution is -0.151. The van der Waals surface area contributed by atoms with Crippen molar-refractivity contribution in [1.29, 1.82) is 0 Å². The van der Waals surface area contributed by atoms with Gasteiger partial charge in [0.05, 0.1) is 5.57 Å². The average molecular weight is 282 g/mol. The van der Waals surface area contributed by atoms with Crippen molar-refractivity contribution in [3.05, 3.63) is 77.4 Å². The van der Waals surface area contributed by atoms with Gasteiger partial charge in [0.15, 0.2) is 0 Å². The summed E-state index contributed by atoms with van der Waals surface area (Å²) in [6, 6.07) is 17.8. The van der Waals surface area contributed by atoms with E-state index in [1.54, 1.807) is 48.5 Å². The number of benzene rings is 2. The number of esters is 1. The van der Waals surface area contributed by atoms with Gasteiger partial charge in [0.25, 0.3) is 0 Å². The van der Waals surface area contributed by atoms with Gasteiger partial charge >= 0.3 is 5.97 Å². The van der Waals surface area contributed by atoms with Gasteiger partial charge in [-0.3, -0.25) is 0 Å². The Morgan fingerprint density at radius 2 is 1.52 bits per heavy atom. The van der Waals surface area contributed by atoms with E-state index in [-0.39, 0.29) is 5.57 Å². The molecule has 0 unspecified atom stereocenters. The Balaban J connectivity index is 2.11. The maximum Gasteiger partial charge on any atom is 0.340 e. The number of hydrogen-bond acceptors (Lipinski definition) is 4. The minimum atomic E-state index is -1.35. The first-order valence-electron chi connectivity index (χ1n) is 6.60. The molecule has 21 heavy (non-hydrogen) atoms. The SMILES string of the molecule is O=C1O[C@H](O)C(c2ccccc2)=C1[C@H](O)c1ccccc1. The fourth-order valence-electron chi connectivity index (χ4n) is 2.44. The van der Waals surface area contributed by atoms with Gasteiger partial charge in [-0.1, -0.05) is 60.7 Å². The summed E-state index contributed by atoms with van der Waals surface area (Å²) in [4.78, 5) is 12.0. The zero-order valence-electron chi connectivity index (χ0n) is 11.1. The first-order chi connectivity index (χ1) is 10.2. The van der Waals surface area contributed by atoms with Crippen molar-refractivity contribution in [3.8, 4) is 0 Å². The Morgan fingerprint density at radius 1 is 0.952 bits per heavy atom. The molecule has 2 atom stereocenters. The van der Waals surface area contributed by atoms with E-state index in [0.717, 1.165) is 0 Å². The van der Waals surface area contributed by atoms with Crippen LogP contribution in [0.2, 0.25) is 0 Å². The van der Waals surface area contributed by atoms with Crippen molar-refractivity contribution in [3.63, 3.8) is 0 Å². The number of rotatable bonds is 3. The predicted octanol–water partition coefficient (Wildman–Crippen LogP) is 2.05. The van der Waals surface area contributed by atoms with E-state index >= 15 is 0 Å². The molecule has 2 aromatic carbocycles. The van der Waals surface area contributed by atoms with Crippen molar-refractivity contribution < 1.29 is 19.7 Å². The molecule has 4 heteroatoms. The van der Waals surface area contributed by atoms with Gasteiger partial charge < -0.3 is 14.9 Å². The van der Waals surface area contributed by atoms with Crippen molar-refractivity contribution >= 4 is 11.5 Å². The van der Waals surface area contributed by atoms with Crippen LogP contribution in [0.15, 0.2) is 66.2 Å². The zero-order chi connectivity index (χ0) is 14.8. The van der Waals surface area contributed by atoms with E-state index in [9.17, 15) is 15.0 Å². The molecule has 106 valence electrons. The molecule has 0 saturated carbocycles. The molecule has 1 aliphatic rings. The molecule has 0 aromatic heterocycles. The lowest BCUT2D eigenvalue weighted by Crippen LogP contribution is -2.10. The van der Waals surface area contributed by atoms with Crippen LogP contribution in [0.4, 0.5) is 0 Å². The van der Waals surface area contributed by atoms with Gasteiger partial charge in [-0.15, -0.1) is 0 Å². The predicted molar refractivity (Wildman–Crippen MR) is 76.9 cm³/mol. The molecule has 0 amide bonds. The largest absolute Gasteiger partial charge is 0.428 e. The van der Waals surface area contributed by atoms with E-state index in [1.807, 2.05) is 12.1 Å². The van der Waals surface area contributed by atoms with Crippen LogP contribution in [0.3, 0.4) is 0 Å². The van der Waals surface area contributed by atoms with E-state index in [2.05, 4.69) is 0 Å². The maximum atomic E-state index is 12.0. The number of ether oxygens (including phenoxy) is 1. The third-order valence-corrected chi connectivity index (χ3v) is 3.45. The highest BCUT2D eigenvalue weighted by Crippen LogP contribution is 2.37. The summed E-state index contributed by atoms with van der Waals surface area (Å²) in [6.45, 7) is 0. The van der Waals surface area contributed by atoms with Crippen LogP contribution in [0, 0.1) is 0 Å². The molecule has 2 aromatic rings. The fraction of sp³-hybridized carbons (Fsp3) is 0.118. The Kier molecular flexibility index (Phi) is 3.56. The van der Waals surface area contributed by atoms with E-state index in [1.165, 1.54) is 0 Å². The maximum absolute atomic E-state index is 12.0. The third-order valence-electron chi connectivity index (χ3n) is 3.45. The molecule has 0 saturated heterocycles. The number of aliphatic hydroxyl groups excluding tert-OH is 2. The molecule has 0 radical (unpaired) electrons. The monoisotopic (exact) mass is 282 g/mol. The van der Waals surface area contributed by atoms with Crippen LogP contribution >= 0.6 is 0 Å². The number of cyclic esters (lactones) is 1. The minimum Gasteiger partial charge on any atom is -0.428 e. The summed E-state index contributed by atoms with van der Waals surface area (Å²) < 4.78 is 4.87. The Bertz CT molecular complexity index is 676. The molecule has 3 rings (SSSR count). The molecule has 0 bridgehead atoms. The molecule has 1 aliphatic heterocycles. The second kappa shape index (κ2) is 5.52. The van der Waals surface area contributed by atoms with Gasteiger partial charge in [-0.2, -0.15) is 0 Å². The molecule has 4 nitrogen and oxygen atoms in total. The van der Waals surface area contributed by atoms with Crippen molar-refractivity contribution in [2.75, 3.05) is 0 Å². The lowest BCUT2D eigenvalue weighted by Gasteiger charge is -2.12. The topological polar surface area (TPSA) is 66.8 Å². The standard InChI is InChI=1S/C17H14O4/c18-15(12-9-5-2-6-10-12)14-13(16(19)21-17(14)20)11-7-3-1-4-8-11/h1-10,15-16,18-19H/t15-,16+/m1/s1. The number of aliphatic hydroxyl groups is 2. The quantitative estimate of drug-likeness (QED) is 0.846. The second-order valence-corrected chi connectivity index (χ2v) is 4.76. The second-order valence-electron chi connectivity index (χ2n) is 4.76. The van der Waals surface area contributed by atoms with Crippen molar-refractivity contribution in [1.82, 2.24) is 0 Å². The number of carbonyl (C=O) groups is 1. The molecule has 2 N–H and O–H groups in total. The van der Waals surface area contributed by atoms with Gasteiger partial charge in [0.1, 0.15) is 6.10 Å². The Labute approximate surface area is 121 Å². The Hall–Kier alpha value is -2.43. The number of carbonyl (C=O) groups excluding carboxylic acids is 1. The highest BCUT2D eigenvalue weighted by Gasteiger charge is 2.37. The first kappa shape index (κ1) is 13.5. The molecule has 0 fully saturated rings. The zero-order valence-corrected chi connectivity index (χ0v) is 11.1. The van der Waals surface area contributed by atoms with Gasteiger partial charge in [-0.25, -0.2) is 4.79 Å². The molecular formula is C17H14O4. The van der Waals surface area contributed by atoms with E-state index in [0.29, 0.717) is 16.7 Å². The molecule has 0 spiro atoms. The van der Waals surface area contributed by atoms with Gasteiger partial charge in [0.2, 0.25) is 6.29 Å². The van der Waals surface area contributed by atoms with Gasteiger partial charge in [-0.05, 0) is 11.1 Å². The van der Waals surface area contributed by atoms with Crippen LogP contribution in [0.25, 0.3) is 5.57 Å². The molecule has 1 heterocycles. The summed E-state index contributed by atoms with van der Waals surface area (Å²) >= 11 is 0. The van der Waals surface area contributed by atoms with E-state index < -0.39 is 18.4 Å². The highest BCUT2D eigenvalue weighted by atomic mass is 16.6. The normalized spacial score (nSPS) is 19.5. The first-order valence-corrected chi connectivity index (χ1v) is 6.60. The Morgan fingerprint density at radius 3 is 2.14 bits per heavy atom. The third kappa shape index (κ3) is 2.46. The smallest absolute Gasteiger partial charge is 0.340 e. The van der Waals surface area contributed by atoms with Crippen molar-refractivity contribution in [2.24, 2.45) is 0 Å². The summed E-state index contributed by atoms with van der Waals surface area (Å²) in [6.07, 6.45) is -2.49. The molecule has 0 aliphatic carbocycles. The summed E-state index contributed by atoms with van der Waals surface area (Å²) in [5.74, 6) is -0.697. The van der Waals surface area contributed by atoms with Gasteiger partial charge in [0, 0.05) is 5.57 Å². The summed E-state index contributed by atoms with van der Waals surface area (Å²) in [7, 11) is 0. The van der Waals surface area contributed by atoms with Crippen LogP contribution in [0.5, 0.6) is 0 Å². The average Bonchev–Trinajstić information content (AvgIpc) is 2.82. The lowest BCUT2D eigenvalue weighted by atomic mass is 9.94. The van der Waals surface area contributed by atoms with Crippen molar-refractivity contribution in [2.45, 2.75) is 12.4 Å². The van der Waals surface area contributed by atoms with Crippen LogP contribution < -0.4 is 0 Å². The van der Waals surface area contributed by atoms with Crippen LogP contribution in [-0.2, 0) is 9.53 Å². The van der Waals surface area contributed by atoms with E-state index in [4.69, 9.17) is 4.74 Å². The summed E-state index contributed by atoms with van der Waals surface area (Å²) in [5.41, 5.74) is 1.63. The van der Waals surface area contributed by atoms with Crippen LogP contribution in [0.1, 0.15) is 17.2 Å². The minimum absolute atomic E-state index is 0.0832. The van der Waals surface area contributed by atoms with Crippen LogP contribution in [-0.4, -0.2) is 22.5 Å².